The predicted octanol–water partition coefficient (Wildman–Crippen LogP) is 13.4. The van der Waals surface area contributed by atoms with Crippen molar-refractivity contribution >= 4 is 82.1 Å². The van der Waals surface area contributed by atoms with Crippen molar-refractivity contribution in [3.63, 3.8) is 0 Å². The van der Waals surface area contributed by atoms with E-state index in [1.807, 2.05) is 66.7 Å². The van der Waals surface area contributed by atoms with Gasteiger partial charge < -0.3 is 4.57 Å². The third-order valence-corrected chi connectivity index (χ3v) is 17.8. The zero-order valence-corrected chi connectivity index (χ0v) is 37.5. The molecule has 0 aliphatic heterocycles. The van der Waals surface area contributed by atoms with Crippen LogP contribution in [0.1, 0.15) is 31.5 Å². The number of rotatable bonds is 9. The van der Waals surface area contributed by atoms with Crippen molar-refractivity contribution in [1.29, 1.82) is 0 Å². The zero-order valence-electron chi connectivity index (χ0n) is 58.7. The van der Waals surface area contributed by atoms with Crippen molar-refractivity contribution in [1.82, 2.24) is 19.5 Å². The Morgan fingerprint density at radius 2 is 0.855 bits per heavy atom. The first-order valence-corrected chi connectivity index (χ1v) is 24.3. The number of thiophene rings is 1. The first-order chi connectivity index (χ1) is 43.8. The fourth-order valence-corrected chi connectivity index (χ4v) is 14.7. The largest absolute Gasteiger partial charge is 0.309 e. The maximum Gasteiger partial charge on any atom is 0.179 e. The summed E-state index contributed by atoms with van der Waals surface area (Å²) in [5.41, 5.74) is -3.73. The van der Waals surface area contributed by atoms with Crippen LogP contribution in [0.5, 0.6) is 0 Å². The van der Waals surface area contributed by atoms with Crippen LogP contribution in [0.4, 0.5) is 0 Å². The second-order valence-electron chi connectivity index (χ2n) is 15.7. The molecule has 0 saturated carbocycles. The summed E-state index contributed by atoms with van der Waals surface area (Å²) < 4.78 is 211. The SMILES string of the molecule is [2H]c1c([2H])c(-c2nc(-c3ccc([Si](c4ccccc4)(c4ccccc4)c4ccccc4)cc3)nc(-c3c([2H])c([2H])c(-c4c([2H])c([2H])c([2H])c5sc6c([2H])c([2H])c([2H])c([2H])c6c45)c([2H])c3[2H])n2)c([2H])c(-n2c3c([2H])c([2H])c([2H])c([2H])c3c3c([2H])c([2H])c([2H])c([2H])c32)c1[2H]. The smallest absolute Gasteiger partial charge is 0.179 e. The highest BCUT2D eigenvalue weighted by Gasteiger charge is 2.41. The molecule has 0 aliphatic carbocycles. The average Bonchev–Trinajstić information content (AvgIpc) is 1.49. The normalized spacial score (nSPS) is 16.4. The van der Waals surface area contributed by atoms with Gasteiger partial charge in [0.1, 0.15) is 0 Å². The molecule has 10 aromatic carbocycles. The molecule has 0 aliphatic rings. The minimum atomic E-state index is -3.19. The summed E-state index contributed by atoms with van der Waals surface area (Å²) in [4.78, 5) is 14.3. The van der Waals surface area contributed by atoms with Gasteiger partial charge in [-0.2, -0.15) is 0 Å². The summed E-state index contributed by atoms with van der Waals surface area (Å²) in [6, 6.07) is 19.8. The van der Waals surface area contributed by atoms with E-state index < -0.39 is 208 Å². The van der Waals surface area contributed by atoms with Gasteiger partial charge >= 0.3 is 0 Å². The second-order valence-corrected chi connectivity index (χ2v) is 20.6. The van der Waals surface area contributed by atoms with Gasteiger partial charge in [0.25, 0.3) is 0 Å². The Bertz CT molecular complexity index is 5180. The fourth-order valence-electron chi connectivity index (χ4n) is 8.96. The molecular weight excluding hydrogens is 873 g/mol. The number of nitrogens with zero attached hydrogens (tertiary/aromatic N) is 4. The molecule has 13 aromatic rings. The van der Waals surface area contributed by atoms with Gasteiger partial charge in [0, 0.05) is 53.3 Å². The van der Waals surface area contributed by atoms with Crippen molar-refractivity contribution in [2.24, 2.45) is 0 Å². The van der Waals surface area contributed by atoms with E-state index >= 15 is 0 Å². The van der Waals surface area contributed by atoms with E-state index in [1.54, 1.807) is 12.1 Å². The molecule has 13 rings (SSSR count). The van der Waals surface area contributed by atoms with Gasteiger partial charge in [0.15, 0.2) is 25.5 Å². The molecule has 0 spiro atoms. The Morgan fingerprint density at radius 1 is 0.377 bits per heavy atom. The molecule has 0 unspecified atom stereocenters. The molecule has 0 atom stereocenters. The van der Waals surface area contributed by atoms with Crippen molar-refractivity contribution in [2.75, 3.05) is 0 Å². The van der Waals surface area contributed by atoms with E-state index in [9.17, 15) is 15.1 Å². The summed E-state index contributed by atoms with van der Waals surface area (Å²) in [6.07, 6.45) is 0. The number of hydrogen-bond acceptors (Lipinski definition) is 4. The highest BCUT2D eigenvalue weighted by molar-refractivity contribution is 7.26. The molecule has 0 fully saturated rings. The molecule has 0 amide bonds. The first-order valence-electron chi connectivity index (χ1n) is 33.0. The van der Waals surface area contributed by atoms with E-state index in [-0.39, 0.29) is 31.6 Å². The van der Waals surface area contributed by atoms with Crippen molar-refractivity contribution in [3.05, 3.63) is 254 Å². The fraction of sp³-hybridized carbons (Fsp3) is 0. The van der Waals surface area contributed by atoms with Crippen LogP contribution in [0.15, 0.2) is 254 Å². The number of aromatic nitrogens is 4. The van der Waals surface area contributed by atoms with Crippen molar-refractivity contribution in [3.8, 4) is 51.0 Å². The minimum absolute atomic E-state index is 0.0453. The minimum Gasteiger partial charge on any atom is -0.309 e. The molecule has 0 radical (unpaired) electrons. The Kier molecular flexibility index (Phi) is 5.76. The van der Waals surface area contributed by atoms with Gasteiger partial charge in [0.05, 0.1) is 42.6 Å². The van der Waals surface area contributed by atoms with Crippen LogP contribution in [0.2, 0.25) is 0 Å². The van der Waals surface area contributed by atoms with Crippen molar-refractivity contribution in [2.45, 2.75) is 0 Å². The third-order valence-electron chi connectivity index (χ3n) is 12.0. The average molecular weight is 938 g/mol. The molecular formula is C63H42N4SSi. The van der Waals surface area contributed by atoms with Crippen LogP contribution >= 0.6 is 11.3 Å². The maximum absolute atomic E-state index is 10.1. The van der Waals surface area contributed by atoms with Crippen LogP contribution in [0.25, 0.3) is 93.0 Å². The van der Waals surface area contributed by atoms with Crippen LogP contribution in [0, 0.1) is 0 Å². The number of fused-ring (bicyclic) bond motifs is 6. The van der Waals surface area contributed by atoms with E-state index in [2.05, 4.69) is 41.4 Å². The summed E-state index contributed by atoms with van der Waals surface area (Å²) in [7, 11) is -3.19. The van der Waals surface area contributed by atoms with Gasteiger partial charge in [0.2, 0.25) is 0 Å². The second kappa shape index (κ2) is 17.0. The molecule has 0 bridgehead atoms. The number of para-hydroxylation sites is 2. The maximum atomic E-state index is 10.1. The van der Waals surface area contributed by atoms with Crippen LogP contribution in [-0.2, 0) is 0 Å². The van der Waals surface area contributed by atoms with Crippen LogP contribution in [-0.4, -0.2) is 27.6 Å². The first kappa shape index (κ1) is 23.4. The molecule has 3 heterocycles. The standard InChI is InChI=1S/C63H42N4SSi/c1-4-20-48(21-5-1)69(49-22-6-2-7-23-49,50-24-8-3-9-25-50)51-40-38-45(39-41-51)62-64-61(44-36-34-43(35-37-44)52-29-17-33-59-60(52)55-28-12-15-32-58(55)68-59)65-63(66-62)46-18-16-19-47(42-46)67-56-30-13-10-26-53(56)54-27-11-14-31-57(54)67/h1-42H/i10D,11D,12D,13D,14D,15D,16D,17D,18D,19D,26D,27D,28D,29D,30D,31D,32D,33D,34D,35D,36D,37D,42D. The quantitative estimate of drug-likeness (QED) is 0.107. The molecule has 0 N–H and O–H groups in total. The van der Waals surface area contributed by atoms with Crippen molar-refractivity contribution < 1.29 is 31.5 Å². The molecule has 0 saturated heterocycles. The van der Waals surface area contributed by atoms with E-state index in [1.165, 1.54) is 0 Å². The predicted molar refractivity (Wildman–Crippen MR) is 292 cm³/mol. The lowest BCUT2D eigenvalue weighted by Crippen LogP contribution is -2.74. The van der Waals surface area contributed by atoms with E-state index in [0.717, 1.165) is 36.7 Å². The summed E-state index contributed by atoms with van der Waals surface area (Å²) in [6.45, 7) is 0. The van der Waals surface area contributed by atoms with E-state index in [4.69, 9.17) is 26.4 Å². The lowest BCUT2D eigenvalue weighted by molar-refractivity contribution is 1.07. The van der Waals surface area contributed by atoms with Gasteiger partial charge in [-0.3, -0.25) is 0 Å². The number of benzene rings is 10. The Balaban J connectivity index is 1.12. The van der Waals surface area contributed by atoms with Gasteiger partial charge in [-0.05, 0) is 68.1 Å². The Hall–Kier alpha value is -8.55. The summed E-state index contributed by atoms with van der Waals surface area (Å²) in [5, 5.41) is 2.84. The van der Waals surface area contributed by atoms with Gasteiger partial charge in [-0.1, -0.05) is 218 Å². The lowest BCUT2D eigenvalue weighted by Gasteiger charge is -2.34. The van der Waals surface area contributed by atoms with E-state index in [0.29, 0.717) is 0 Å². The molecule has 6 heteroatoms. The monoisotopic (exact) mass is 937 g/mol. The van der Waals surface area contributed by atoms with Gasteiger partial charge in [-0.25, -0.2) is 15.0 Å². The molecule has 324 valence electrons. The lowest BCUT2D eigenvalue weighted by atomic mass is 9.98. The number of hydrogen-bond donors (Lipinski definition) is 0. The summed E-state index contributed by atoms with van der Waals surface area (Å²) >= 11 is 0.744. The van der Waals surface area contributed by atoms with Crippen LogP contribution < -0.4 is 20.7 Å². The highest BCUT2D eigenvalue weighted by atomic mass is 32.1. The summed E-state index contributed by atoms with van der Waals surface area (Å²) in [5.74, 6) is -1.51. The Morgan fingerprint density at radius 3 is 1.46 bits per heavy atom. The van der Waals surface area contributed by atoms with Gasteiger partial charge in [-0.15, -0.1) is 11.3 Å². The third kappa shape index (κ3) is 6.91. The molecule has 4 nitrogen and oxygen atoms in total. The molecule has 69 heavy (non-hydrogen) atoms. The molecule has 3 aromatic heterocycles. The topological polar surface area (TPSA) is 43.6 Å². The zero-order chi connectivity index (χ0) is 65.7. The van der Waals surface area contributed by atoms with Crippen LogP contribution in [0.3, 0.4) is 0 Å². The highest BCUT2D eigenvalue weighted by Crippen LogP contribution is 2.40. The Labute approximate surface area is 437 Å².